The second-order valence-electron chi connectivity index (χ2n) is 6.93. The number of nitrogens with one attached hydrogen (secondary N) is 2. The number of pyridine rings is 1. The van der Waals surface area contributed by atoms with Crippen LogP contribution >= 0.6 is 11.3 Å². The molecule has 0 radical (unpaired) electrons. The van der Waals surface area contributed by atoms with Gasteiger partial charge in [0.1, 0.15) is 5.54 Å². The van der Waals surface area contributed by atoms with E-state index in [4.69, 9.17) is 0 Å². The Balaban J connectivity index is 1.43. The van der Waals surface area contributed by atoms with Crippen LogP contribution in [0.2, 0.25) is 0 Å². The first-order valence-corrected chi connectivity index (χ1v) is 9.71. The number of nitrogens with zero attached hydrogens (tertiary/aromatic N) is 3. The molecule has 132 valence electrons. The summed E-state index contributed by atoms with van der Waals surface area (Å²) in [4.78, 5) is 23.8. The maximum absolute atomic E-state index is 12.9. The van der Waals surface area contributed by atoms with E-state index in [0.29, 0.717) is 6.04 Å². The molecule has 2 N–H and O–H groups in total. The molecule has 1 aliphatic carbocycles. The third kappa shape index (κ3) is 3.99. The minimum Gasteiger partial charge on any atom is -0.351 e. The molecule has 2 aromatic heterocycles. The number of amides is 1. The molecule has 0 bridgehead atoms. The highest BCUT2D eigenvalue weighted by Crippen LogP contribution is 2.30. The van der Waals surface area contributed by atoms with E-state index in [0.717, 1.165) is 50.4 Å². The van der Waals surface area contributed by atoms with Gasteiger partial charge in [0.25, 0.3) is 0 Å². The summed E-state index contributed by atoms with van der Waals surface area (Å²) in [6.07, 6.45) is 9.26. The van der Waals surface area contributed by atoms with Gasteiger partial charge in [0, 0.05) is 49.6 Å². The van der Waals surface area contributed by atoms with E-state index in [2.05, 4.69) is 31.6 Å². The van der Waals surface area contributed by atoms with Crippen molar-refractivity contribution in [1.29, 1.82) is 0 Å². The molecule has 2 aromatic rings. The molecule has 4 rings (SSSR count). The molecule has 1 saturated heterocycles. The van der Waals surface area contributed by atoms with E-state index < -0.39 is 5.54 Å². The first-order chi connectivity index (χ1) is 12.2. The molecule has 7 heteroatoms. The van der Waals surface area contributed by atoms with E-state index in [1.807, 2.05) is 17.6 Å². The standard InChI is InChI=1S/C18H23N5OS/c24-16(21-15-3-4-15)18(22-17-20-8-11-25-17)5-9-23(10-6-18)13-14-2-1-7-19-12-14/h1-2,7-8,11-12,15H,3-6,9-10,13H2,(H,20,22)(H,21,24). The molecule has 1 saturated carbocycles. The molecule has 0 atom stereocenters. The van der Waals surface area contributed by atoms with Crippen LogP contribution in [0.4, 0.5) is 5.13 Å². The minimum absolute atomic E-state index is 0.131. The molecule has 0 unspecified atom stereocenters. The number of carbonyl (C=O) groups excluding carboxylic acids is 1. The zero-order valence-electron chi connectivity index (χ0n) is 14.1. The van der Waals surface area contributed by atoms with Gasteiger partial charge < -0.3 is 10.6 Å². The fourth-order valence-corrected chi connectivity index (χ4v) is 3.92. The highest BCUT2D eigenvalue weighted by Gasteiger charge is 2.43. The Morgan fingerprint density at radius 3 is 2.80 bits per heavy atom. The fourth-order valence-electron chi connectivity index (χ4n) is 3.29. The number of anilines is 1. The van der Waals surface area contributed by atoms with Gasteiger partial charge in [0.2, 0.25) is 5.91 Å². The quantitative estimate of drug-likeness (QED) is 0.830. The Morgan fingerprint density at radius 1 is 1.32 bits per heavy atom. The van der Waals surface area contributed by atoms with Crippen LogP contribution in [-0.2, 0) is 11.3 Å². The van der Waals surface area contributed by atoms with E-state index in [1.54, 1.807) is 23.7 Å². The first-order valence-electron chi connectivity index (χ1n) is 8.83. The third-order valence-corrected chi connectivity index (χ3v) is 5.65. The van der Waals surface area contributed by atoms with Gasteiger partial charge in [-0.2, -0.15) is 0 Å². The average Bonchev–Trinajstić information content (AvgIpc) is 3.30. The zero-order chi connectivity index (χ0) is 17.1. The van der Waals surface area contributed by atoms with Crippen molar-refractivity contribution in [3.8, 4) is 0 Å². The van der Waals surface area contributed by atoms with Crippen molar-refractivity contribution < 1.29 is 4.79 Å². The highest BCUT2D eigenvalue weighted by molar-refractivity contribution is 7.13. The van der Waals surface area contributed by atoms with E-state index in [1.165, 1.54) is 5.56 Å². The molecule has 3 heterocycles. The summed E-state index contributed by atoms with van der Waals surface area (Å²) >= 11 is 1.55. The second kappa shape index (κ2) is 7.09. The van der Waals surface area contributed by atoms with Gasteiger partial charge in [0.05, 0.1) is 0 Å². The maximum Gasteiger partial charge on any atom is 0.246 e. The van der Waals surface area contributed by atoms with Crippen molar-refractivity contribution >= 4 is 22.4 Å². The number of carbonyl (C=O) groups is 1. The van der Waals surface area contributed by atoms with Crippen LogP contribution < -0.4 is 10.6 Å². The number of hydrogen-bond acceptors (Lipinski definition) is 6. The summed E-state index contributed by atoms with van der Waals surface area (Å²) in [5.74, 6) is 0.131. The Kier molecular flexibility index (Phi) is 4.67. The highest BCUT2D eigenvalue weighted by atomic mass is 32.1. The predicted octanol–water partition coefficient (Wildman–Crippen LogP) is 2.26. The predicted molar refractivity (Wildman–Crippen MR) is 98.4 cm³/mol. The number of rotatable bonds is 6. The lowest BCUT2D eigenvalue weighted by molar-refractivity contribution is -0.127. The smallest absolute Gasteiger partial charge is 0.246 e. The Bertz CT molecular complexity index is 694. The normalized spacial score (nSPS) is 20.2. The number of hydrogen-bond donors (Lipinski definition) is 2. The second-order valence-corrected chi connectivity index (χ2v) is 7.82. The van der Waals surface area contributed by atoms with E-state index in [-0.39, 0.29) is 5.91 Å². The largest absolute Gasteiger partial charge is 0.351 e. The van der Waals surface area contributed by atoms with Crippen LogP contribution in [0.3, 0.4) is 0 Å². The van der Waals surface area contributed by atoms with Crippen molar-refractivity contribution in [1.82, 2.24) is 20.2 Å². The van der Waals surface area contributed by atoms with Crippen molar-refractivity contribution in [2.45, 2.75) is 43.8 Å². The van der Waals surface area contributed by atoms with Crippen LogP contribution in [0, 0.1) is 0 Å². The summed E-state index contributed by atoms with van der Waals surface area (Å²) in [6.45, 7) is 2.64. The first kappa shape index (κ1) is 16.5. The van der Waals surface area contributed by atoms with Crippen LogP contribution in [0.25, 0.3) is 0 Å². The number of likely N-dealkylation sites (tertiary alicyclic amines) is 1. The van der Waals surface area contributed by atoms with E-state index >= 15 is 0 Å². The molecule has 25 heavy (non-hydrogen) atoms. The molecule has 1 aliphatic heterocycles. The summed E-state index contributed by atoms with van der Waals surface area (Å²) in [6, 6.07) is 4.44. The summed E-state index contributed by atoms with van der Waals surface area (Å²) in [5.41, 5.74) is 0.664. The van der Waals surface area contributed by atoms with Gasteiger partial charge in [-0.25, -0.2) is 4.98 Å². The van der Waals surface area contributed by atoms with Gasteiger partial charge in [0.15, 0.2) is 5.13 Å². The molecular formula is C18H23N5OS. The van der Waals surface area contributed by atoms with Crippen molar-refractivity contribution in [3.05, 3.63) is 41.7 Å². The van der Waals surface area contributed by atoms with Crippen LogP contribution in [0.15, 0.2) is 36.1 Å². The molecule has 1 amide bonds. The topological polar surface area (TPSA) is 70.2 Å². The average molecular weight is 357 g/mol. The lowest BCUT2D eigenvalue weighted by Crippen LogP contribution is -2.58. The van der Waals surface area contributed by atoms with Crippen molar-refractivity contribution in [2.24, 2.45) is 0 Å². The Morgan fingerprint density at radius 2 is 2.16 bits per heavy atom. The molecule has 2 fully saturated rings. The Hall–Kier alpha value is -1.99. The van der Waals surface area contributed by atoms with Crippen molar-refractivity contribution in [2.75, 3.05) is 18.4 Å². The summed E-state index contributed by atoms with van der Waals surface area (Å²) in [5, 5.41) is 9.40. The minimum atomic E-state index is -0.550. The maximum atomic E-state index is 12.9. The lowest BCUT2D eigenvalue weighted by atomic mass is 9.86. The monoisotopic (exact) mass is 357 g/mol. The molecule has 2 aliphatic rings. The lowest BCUT2D eigenvalue weighted by Gasteiger charge is -2.41. The van der Waals surface area contributed by atoms with Gasteiger partial charge in [-0.3, -0.25) is 14.7 Å². The number of thiazole rings is 1. The molecular weight excluding hydrogens is 334 g/mol. The van der Waals surface area contributed by atoms with Gasteiger partial charge >= 0.3 is 0 Å². The van der Waals surface area contributed by atoms with Crippen molar-refractivity contribution in [3.63, 3.8) is 0 Å². The fraction of sp³-hybridized carbons (Fsp3) is 0.500. The van der Waals surface area contributed by atoms with Crippen LogP contribution in [-0.4, -0.2) is 45.4 Å². The number of piperidine rings is 1. The SMILES string of the molecule is O=C(NC1CC1)C1(Nc2nccs2)CCN(Cc2cccnc2)CC1. The molecule has 0 aromatic carbocycles. The zero-order valence-corrected chi connectivity index (χ0v) is 15.0. The van der Waals surface area contributed by atoms with Gasteiger partial charge in [-0.1, -0.05) is 6.07 Å². The van der Waals surface area contributed by atoms with Crippen LogP contribution in [0.5, 0.6) is 0 Å². The van der Waals surface area contributed by atoms with Crippen LogP contribution in [0.1, 0.15) is 31.2 Å². The van der Waals surface area contributed by atoms with E-state index in [9.17, 15) is 4.79 Å². The Labute approximate surface area is 151 Å². The third-order valence-electron chi connectivity index (χ3n) is 4.96. The van der Waals surface area contributed by atoms with Gasteiger partial charge in [-0.15, -0.1) is 11.3 Å². The summed E-state index contributed by atoms with van der Waals surface area (Å²) < 4.78 is 0. The number of aromatic nitrogens is 2. The summed E-state index contributed by atoms with van der Waals surface area (Å²) in [7, 11) is 0. The molecule has 0 spiro atoms. The molecule has 6 nitrogen and oxygen atoms in total. The van der Waals surface area contributed by atoms with Gasteiger partial charge in [-0.05, 0) is 37.3 Å².